The highest BCUT2D eigenvalue weighted by molar-refractivity contribution is 7.05. The number of carbonyl (C=O) groups is 1. The zero-order valence-corrected chi connectivity index (χ0v) is 10.0. The van der Waals surface area contributed by atoms with Gasteiger partial charge in [0.25, 0.3) is 0 Å². The molecule has 78 valence electrons. The Morgan fingerprint density at radius 1 is 1.43 bits per heavy atom. The van der Waals surface area contributed by atoms with Crippen LogP contribution >= 0.6 is 11.5 Å². The van der Waals surface area contributed by atoms with Gasteiger partial charge in [-0.15, -0.1) is 0 Å². The molecular weight excluding hydrogens is 194 g/mol. The summed E-state index contributed by atoms with van der Waals surface area (Å²) < 4.78 is 4.18. The van der Waals surface area contributed by atoms with Crippen LogP contribution in [0.5, 0.6) is 0 Å². The van der Waals surface area contributed by atoms with E-state index in [1.54, 1.807) is 0 Å². The van der Waals surface area contributed by atoms with E-state index >= 15 is 0 Å². The minimum Gasteiger partial charge on any atom is -0.292 e. The predicted molar refractivity (Wildman–Crippen MR) is 59.8 cm³/mol. The summed E-state index contributed by atoms with van der Waals surface area (Å²) in [6.45, 7) is 8.15. The second-order valence-electron chi connectivity index (χ2n) is 4.30. The first kappa shape index (κ1) is 11.4. The summed E-state index contributed by atoms with van der Waals surface area (Å²) in [6, 6.07) is 1.94. The Hall–Kier alpha value is -0.700. The van der Waals surface area contributed by atoms with Gasteiger partial charge in [-0.2, -0.15) is 4.37 Å². The minimum atomic E-state index is 0.0454. The lowest BCUT2D eigenvalue weighted by atomic mass is 10.0. The molecule has 0 spiro atoms. The highest BCUT2D eigenvalue weighted by Crippen LogP contribution is 2.17. The molecular formula is C11H17NOS. The third kappa shape index (κ3) is 2.91. The van der Waals surface area contributed by atoms with Gasteiger partial charge in [-0.1, -0.05) is 27.7 Å². The SMILES string of the molecule is CC(C)Cc1cc(C(=O)C(C)C)ns1. The van der Waals surface area contributed by atoms with Crippen LogP contribution in [0.1, 0.15) is 43.1 Å². The van der Waals surface area contributed by atoms with Crippen LogP contribution < -0.4 is 0 Å². The van der Waals surface area contributed by atoms with E-state index in [9.17, 15) is 4.79 Å². The second-order valence-corrected chi connectivity index (χ2v) is 5.18. The molecule has 0 amide bonds. The highest BCUT2D eigenvalue weighted by Gasteiger charge is 2.14. The Balaban J connectivity index is 2.73. The average molecular weight is 211 g/mol. The molecule has 0 bridgehead atoms. The van der Waals surface area contributed by atoms with Crippen molar-refractivity contribution in [1.29, 1.82) is 0 Å². The van der Waals surface area contributed by atoms with E-state index < -0.39 is 0 Å². The van der Waals surface area contributed by atoms with Crippen LogP contribution in [-0.2, 0) is 6.42 Å². The van der Waals surface area contributed by atoms with Gasteiger partial charge in [-0.05, 0) is 29.9 Å². The van der Waals surface area contributed by atoms with Gasteiger partial charge in [0.2, 0.25) is 0 Å². The molecule has 14 heavy (non-hydrogen) atoms. The second kappa shape index (κ2) is 4.69. The number of hydrogen-bond donors (Lipinski definition) is 0. The molecule has 0 aliphatic rings. The molecule has 0 unspecified atom stereocenters. The minimum absolute atomic E-state index is 0.0454. The number of Topliss-reactive ketones (excluding diaryl/α,β-unsaturated/α-hetero) is 1. The molecule has 2 nitrogen and oxygen atoms in total. The van der Waals surface area contributed by atoms with E-state index in [0.29, 0.717) is 11.6 Å². The zero-order chi connectivity index (χ0) is 10.7. The van der Waals surface area contributed by atoms with Crippen LogP contribution in [0.15, 0.2) is 6.07 Å². The molecule has 0 N–H and O–H groups in total. The molecule has 3 heteroatoms. The molecule has 0 atom stereocenters. The summed E-state index contributed by atoms with van der Waals surface area (Å²) in [6.07, 6.45) is 1.02. The van der Waals surface area contributed by atoms with E-state index in [0.717, 1.165) is 6.42 Å². The monoisotopic (exact) mass is 211 g/mol. The van der Waals surface area contributed by atoms with Crippen LogP contribution in [0.25, 0.3) is 0 Å². The molecule has 1 heterocycles. The smallest absolute Gasteiger partial charge is 0.184 e. The topological polar surface area (TPSA) is 30.0 Å². The van der Waals surface area contributed by atoms with Crippen molar-refractivity contribution in [3.05, 3.63) is 16.6 Å². The van der Waals surface area contributed by atoms with Gasteiger partial charge < -0.3 is 0 Å². The summed E-state index contributed by atoms with van der Waals surface area (Å²) in [4.78, 5) is 12.8. The van der Waals surface area contributed by atoms with Crippen LogP contribution in [0.2, 0.25) is 0 Å². The Bertz CT molecular complexity index is 315. The zero-order valence-electron chi connectivity index (χ0n) is 9.20. The fraction of sp³-hybridized carbons (Fsp3) is 0.636. The fourth-order valence-corrected chi connectivity index (χ4v) is 2.15. The van der Waals surface area contributed by atoms with E-state index in [1.807, 2.05) is 19.9 Å². The molecule has 0 saturated carbocycles. The first-order chi connectivity index (χ1) is 6.50. The lowest BCUT2D eigenvalue weighted by molar-refractivity contribution is 0.0935. The average Bonchev–Trinajstić information content (AvgIpc) is 2.50. The van der Waals surface area contributed by atoms with Gasteiger partial charge in [-0.25, -0.2) is 0 Å². The van der Waals surface area contributed by atoms with Crippen molar-refractivity contribution in [2.45, 2.75) is 34.1 Å². The number of carbonyl (C=O) groups excluding carboxylic acids is 1. The number of nitrogens with zero attached hydrogens (tertiary/aromatic N) is 1. The quantitative estimate of drug-likeness (QED) is 0.716. The number of rotatable bonds is 4. The van der Waals surface area contributed by atoms with Gasteiger partial charge in [0, 0.05) is 10.8 Å². The molecule has 1 aromatic rings. The summed E-state index contributed by atoms with van der Waals surface area (Å²) >= 11 is 1.45. The van der Waals surface area contributed by atoms with Crippen molar-refractivity contribution in [3.8, 4) is 0 Å². The Morgan fingerprint density at radius 2 is 2.07 bits per heavy atom. The van der Waals surface area contributed by atoms with Crippen LogP contribution in [-0.4, -0.2) is 10.2 Å². The maximum atomic E-state index is 11.6. The first-order valence-corrected chi connectivity index (χ1v) is 5.78. The molecule has 0 radical (unpaired) electrons. The number of ketones is 1. The summed E-state index contributed by atoms with van der Waals surface area (Å²) in [5.74, 6) is 0.817. The fourth-order valence-electron chi connectivity index (χ4n) is 1.22. The molecule has 0 aliphatic heterocycles. The predicted octanol–water partition coefficient (Wildman–Crippen LogP) is 3.18. The van der Waals surface area contributed by atoms with Crippen molar-refractivity contribution in [2.24, 2.45) is 11.8 Å². The Morgan fingerprint density at radius 3 is 2.57 bits per heavy atom. The van der Waals surface area contributed by atoms with Gasteiger partial charge >= 0.3 is 0 Å². The van der Waals surface area contributed by atoms with Crippen LogP contribution in [0.4, 0.5) is 0 Å². The molecule has 0 fully saturated rings. The van der Waals surface area contributed by atoms with Crippen molar-refractivity contribution < 1.29 is 4.79 Å². The summed E-state index contributed by atoms with van der Waals surface area (Å²) in [5.41, 5.74) is 0.639. The normalized spacial score (nSPS) is 11.3. The van der Waals surface area contributed by atoms with Crippen molar-refractivity contribution in [2.75, 3.05) is 0 Å². The van der Waals surface area contributed by atoms with Gasteiger partial charge in [0.1, 0.15) is 5.69 Å². The summed E-state index contributed by atoms with van der Waals surface area (Å²) in [5, 5.41) is 0. The molecule has 1 aromatic heterocycles. The van der Waals surface area contributed by atoms with Crippen LogP contribution in [0, 0.1) is 11.8 Å². The van der Waals surface area contributed by atoms with Crippen molar-refractivity contribution in [3.63, 3.8) is 0 Å². The third-order valence-corrected chi connectivity index (χ3v) is 2.75. The maximum absolute atomic E-state index is 11.6. The van der Waals surface area contributed by atoms with Crippen molar-refractivity contribution in [1.82, 2.24) is 4.37 Å². The lowest BCUT2D eigenvalue weighted by Crippen LogP contribution is -2.07. The Labute approximate surface area is 89.5 Å². The lowest BCUT2D eigenvalue weighted by Gasteiger charge is -1.99. The molecule has 0 aliphatic carbocycles. The maximum Gasteiger partial charge on any atom is 0.184 e. The Kier molecular flexibility index (Phi) is 3.81. The highest BCUT2D eigenvalue weighted by atomic mass is 32.1. The van der Waals surface area contributed by atoms with Crippen LogP contribution in [0.3, 0.4) is 0 Å². The number of aromatic nitrogens is 1. The van der Waals surface area contributed by atoms with Gasteiger partial charge in [0.15, 0.2) is 5.78 Å². The third-order valence-electron chi connectivity index (χ3n) is 1.95. The van der Waals surface area contributed by atoms with E-state index in [-0.39, 0.29) is 11.7 Å². The van der Waals surface area contributed by atoms with E-state index in [4.69, 9.17) is 0 Å². The van der Waals surface area contributed by atoms with E-state index in [2.05, 4.69) is 18.2 Å². The first-order valence-electron chi connectivity index (χ1n) is 5.00. The number of hydrogen-bond acceptors (Lipinski definition) is 3. The van der Waals surface area contributed by atoms with Gasteiger partial charge in [0.05, 0.1) is 0 Å². The molecule has 1 rings (SSSR count). The molecule has 0 aromatic carbocycles. The van der Waals surface area contributed by atoms with Gasteiger partial charge in [-0.3, -0.25) is 4.79 Å². The summed E-state index contributed by atoms with van der Waals surface area (Å²) in [7, 11) is 0. The largest absolute Gasteiger partial charge is 0.292 e. The standard InChI is InChI=1S/C11H17NOS/c1-7(2)5-9-6-10(12-14-9)11(13)8(3)4/h6-8H,5H2,1-4H3. The molecule has 0 saturated heterocycles. The van der Waals surface area contributed by atoms with Crippen molar-refractivity contribution >= 4 is 17.3 Å². The van der Waals surface area contributed by atoms with E-state index in [1.165, 1.54) is 16.4 Å².